The first-order chi connectivity index (χ1) is 18.9. The Labute approximate surface area is 232 Å². The maximum absolute atomic E-state index is 12.7. The molecule has 40 heavy (non-hydrogen) atoms. The lowest BCUT2D eigenvalue weighted by Crippen LogP contribution is -2.37. The number of hydrogen-bond donors (Lipinski definition) is 4. The lowest BCUT2D eigenvalue weighted by Gasteiger charge is -2.42. The van der Waals surface area contributed by atoms with Gasteiger partial charge in [-0.3, -0.25) is 4.79 Å². The van der Waals surface area contributed by atoms with Gasteiger partial charge in [-0.25, -0.2) is 0 Å². The van der Waals surface area contributed by atoms with Crippen molar-refractivity contribution in [1.29, 1.82) is 0 Å². The molecule has 0 aliphatic heterocycles. The van der Waals surface area contributed by atoms with E-state index in [9.17, 15) is 28.8 Å². The summed E-state index contributed by atoms with van der Waals surface area (Å²) in [7, 11) is -11.6. The number of carbonyl (C=O) groups is 1. The van der Waals surface area contributed by atoms with Crippen molar-refractivity contribution in [1.82, 2.24) is 5.32 Å². The van der Waals surface area contributed by atoms with Crippen molar-refractivity contribution in [3.05, 3.63) is 95.6 Å². The molecule has 0 fully saturated rings. The van der Waals surface area contributed by atoms with Crippen LogP contribution in [0, 0.1) is 0 Å². The van der Waals surface area contributed by atoms with Gasteiger partial charge in [0.05, 0.1) is 0 Å². The van der Waals surface area contributed by atoms with Crippen LogP contribution in [0.3, 0.4) is 0 Å². The van der Waals surface area contributed by atoms with Crippen molar-refractivity contribution >= 4 is 21.1 Å². The zero-order valence-electron chi connectivity index (χ0n) is 21.5. The molecule has 0 saturated carbocycles. The van der Waals surface area contributed by atoms with E-state index in [0.717, 1.165) is 11.1 Å². The number of unbranched alkanes of at least 4 members (excludes halogenated alkanes) is 2. The molecule has 13 heteroatoms. The van der Waals surface area contributed by atoms with E-state index in [0.29, 0.717) is 30.1 Å². The lowest BCUT2D eigenvalue weighted by molar-refractivity contribution is -0.227. The van der Waals surface area contributed by atoms with Crippen molar-refractivity contribution < 1.29 is 48.1 Å². The molecule has 0 spiro atoms. The second kappa shape index (κ2) is 14.1. The molecule has 0 heterocycles. The average molecular weight is 591 g/mol. The summed E-state index contributed by atoms with van der Waals surface area (Å²) in [5.41, 5.74) is 2.21. The summed E-state index contributed by atoms with van der Waals surface area (Å²) in [6, 6.07) is 23.9. The third kappa shape index (κ3) is 8.74. The summed E-state index contributed by atoms with van der Waals surface area (Å²) in [6.07, 6.45) is -0.570. The van der Waals surface area contributed by atoms with E-state index in [1.54, 1.807) is 18.2 Å². The average Bonchev–Trinajstić information content (AvgIpc) is 2.92. The normalized spacial score (nSPS) is 15.7. The van der Waals surface area contributed by atoms with Crippen molar-refractivity contribution in [2.45, 2.75) is 44.0 Å². The van der Waals surface area contributed by atoms with Gasteiger partial charge in [0.15, 0.2) is 31.8 Å². The number of nitrogens with one attached hydrogen (secondary N) is 1. The van der Waals surface area contributed by atoms with Gasteiger partial charge in [-0.05, 0) is 48.6 Å². The molecular weight excluding hydrogens is 560 g/mol. The van der Waals surface area contributed by atoms with Gasteiger partial charge in [-0.2, -0.15) is 0 Å². The van der Waals surface area contributed by atoms with Gasteiger partial charge in [0.25, 0.3) is 5.91 Å². The van der Waals surface area contributed by atoms with Gasteiger partial charge in [-0.1, -0.05) is 67.1 Å². The number of hydrogen-bond acceptors (Lipinski definition) is 8. The van der Waals surface area contributed by atoms with Gasteiger partial charge in [0.2, 0.25) is 0 Å². The van der Waals surface area contributed by atoms with Crippen LogP contribution in [0.1, 0.15) is 47.2 Å². The smallest absolute Gasteiger partial charge is 0.251 e. The highest BCUT2D eigenvalue weighted by Gasteiger charge is 2.46. The summed E-state index contributed by atoms with van der Waals surface area (Å²) in [4.78, 5) is 53.4. The SMILES string of the molecule is O=C(NCCCCCC(O)(P(=O)([O-])O)P(=O)([O-])O)c1ccc(OCc2ccccc2)c(OCc2ccccc2)c1. The quantitative estimate of drug-likeness (QED) is 0.151. The Morgan fingerprint density at radius 1 is 0.775 bits per heavy atom. The first-order valence-electron chi connectivity index (χ1n) is 12.5. The van der Waals surface area contributed by atoms with E-state index in [2.05, 4.69) is 5.32 Å². The fourth-order valence-corrected chi connectivity index (χ4v) is 5.92. The van der Waals surface area contributed by atoms with Crippen molar-refractivity contribution in [3.8, 4) is 11.5 Å². The Bertz CT molecular complexity index is 1320. The van der Waals surface area contributed by atoms with Crippen LogP contribution >= 0.6 is 15.2 Å². The molecule has 0 aliphatic rings. The van der Waals surface area contributed by atoms with E-state index >= 15 is 0 Å². The minimum atomic E-state index is -5.79. The van der Waals surface area contributed by atoms with Crippen LogP contribution in [0.4, 0.5) is 0 Å². The molecule has 3 aromatic rings. The third-order valence-corrected chi connectivity index (χ3v) is 9.83. The Morgan fingerprint density at radius 2 is 1.30 bits per heavy atom. The summed E-state index contributed by atoms with van der Waals surface area (Å²) in [6.45, 7) is 0.722. The molecule has 0 aliphatic carbocycles. The van der Waals surface area contributed by atoms with Gasteiger partial charge in [0, 0.05) is 12.1 Å². The van der Waals surface area contributed by atoms with Crippen LogP contribution in [0.5, 0.6) is 11.5 Å². The highest BCUT2D eigenvalue weighted by molar-refractivity contribution is 7.70. The van der Waals surface area contributed by atoms with E-state index in [1.807, 2.05) is 60.7 Å². The zero-order chi connectivity index (χ0) is 29.2. The molecule has 11 nitrogen and oxygen atoms in total. The largest absolute Gasteiger partial charge is 0.776 e. The number of aliphatic hydroxyl groups is 1. The molecule has 216 valence electrons. The Morgan fingerprint density at radius 3 is 1.82 bits per heavy atom. The van der Waals surface area contributed by atoms with Crippen LogP contribution in [0.25, 0.3) is 0 Å². The van der Waals surface area contributed by atoms with Crippen LogP contribution in [-0.2, 0) is 22.3 Å². The van der Waals surface area contributed by atoms with Crippen LogP contribution in [-0.4, -0.2) is 32.4 Å². The fraction of sp³-hybridized carbons (Fsp3) is 0.296. The van der Waals surface area contributed by atoms with Gasteiger partial charge < -0.3 is 48.6 Å². The summed E-state index contributed by atoms with van der Waals surface area (Å²) >= 11 is 0. The molecule has 2 atom stereocenters. The summed E-state index contributed by atoms with van der Waals surface area (Å²) < 4.78 is 34.5. The topological polar surface area (TPSA) is 189 Å². The zero-order valence-corrected chi connectivity index (χ0v) is 23.3. The van der Waals surface area contributed by atoms with Gasteiger partial charge in [0.1, 0.15) is 13.2 Å². The van der Waals surface area contributed by atoms with E-state index < -0.39 is 32.6 Å². The van der Waals surface area contributed by atoms with Crippen molar-refractivity contribution in [2.75, 3.05) is 6.54 Å². The minimum absolute atomic E-state index is 0.156. The lowest BCUT2D eigenvalue weighted by atomic mass is 10.1. The Balaban J connectivity index is 1.58. The number of carbonyl (C=O) groups excluding carboxylic acids is 1. The highest BCUT2D eigenvalue weighted by Crippen LogP contribution is 2.65. The summed E-state index contributed by atoms with van der Waals surface area (Å²) in [5, 5.41) is 8.86. The maximum Gasteiger partial charge on any atom is 0.251 e. The molecule has 2 unspecified atom stereocenters. The Hall–Kier alpha value is -3.01. The van der Waals surface area contributed by atoms with E-state index in [4.69, 9.17) is 19.3 Å². The molecule has 4 N–H and O–H groups in total. The second-order valence-corrected chi connectivity index (χ2v) is 13.0. The first-order valence-corrected chi connectivity index (χ1v) is 15.6. The third-order valence-electron chi connectivity index (χ3n) is 6.06. The molecule has 3 rings (SSSR count). The first kappa shape index (κ1) is 31.5. The molecular formula is C27H31NO10P2-2. The molecule has 1 amide bonds. The molecule has 0 aromatic heterocycles. The van der Waals surface area contributed by atoms with Crippen molar-refractivity contribution in [2.24, 2.45) is 0 Å². The number of ether oxygens (including phenoxy) is 2. The number of benzene rings is 3. The number of rotatable bonds is 15. The Kier molecular flexibility index (Phi) is 11.1. The van der Waals surface area contributed by atoms with Crippen LogP contribution < -0.4 is 24.6 Å². The predicted octanol–water partition coefficient (Wildman–Crippen LogP) is 2.87. The molecule has 0 bridgehead atoms. The van der Waals surface area contributed by atoms with Crippen LogP contribution in [0.2, 0.25) is 0 Å². The minimum Gasteiger partial charge on any atom is -0.776 e. The fourth-order valence-electron chi connectivity index (χ4n) is 3.76. The highest BCUT2D eigenvalue weighted by atomic mass is 31.2. The van der Waals surface area contributed by atoms with E-state index in [1.165, 1.54) is 0 Å². The number of amides is 1. The van der Waals surface area contributed by atoms with Gasteiger partial charge >= 0.3 is 0 Å². The standard InChI is InChI=1S/C27H33NO10P2/c29-26(28-17-9-3-8-16-27(30,39(31,32)33)40(34,35)36)23-14-15-24(37-19-21-10-4-1-5-11-21)25(18-23)38-20-22-12-6-2-7-13-22/h1-2,4-7,10-15,18,30H,3,8-9,16-17,19-20H2,(H,28,29)(H2,31,32,33)(H2,34,35,36)/p-2. The summed E-state index contributed by atoms with van der Waals surface area (Å²) in [5.74, 6) is 0.432. The second-order valence-electron chi connectivity index (χ2n) is 9.09. The molecule has 3 aromatic carbocycles. The van der Waals surface area contributed by atoms with Crippen LogP contribution in [0.15, 0.2) is 78.9 Å². The van der Waals surface area contributed by atoms with E-state index in [-0.39, 0.29) is 26.0 Å². The van der Waals surface area contributed by atoms with Crippen molar-refractivity contribution in [3.63, 3.8) is 0 Å². The van der Waals surface area contributed by atoms with Gasteiger partial charge in [-0.15, -0.1) is 0 Å². The molecule has 0 radical (unpaired) electrons. The molecule has 0 saturated heterocycles. The monoisotopic (exact) mass is 591 g/mol. The predicted molar refractivity (Wildman–Crippen MR) is 143 cm³/mol. The maximum atomic E-state index is 12.7.